The molecule has 0 aliphatic carbocycles. The molecular weight excluding hydrogens is 248 g/mol. The summed E-state index contributed by atoms with van der Waals surface area (Å²) < 4.78 is 0. The molecule has 0 fully saturated rings. The second kappa shape index (κ2) is 6.37. The maximum atomic E-state index is 5.93. The van der Waals surface area contributed by atoms with Crippen molar-refractivity contribution in [2.45, 2.75) is 32.7 Å². The molecule has 1 aromatic heterocycles. The van der Waals surface area contributed by atoms with Crippen molar-refractivity contribution >= 4 is 11.6 Å². The van der Waals surface area contributed by atoms with Crippen LogP contribution in [0.15, 0.2) is 36.4 Å². The van der Waals surface area contributed by atoms with Crippen molar-refractivity contribution in [1.82, 2.24) is 9.97 Å². The van der Waals surface area contributed by atoms with Gasteiger partial charge >= 0.3 is 0 Å². The van der Waals surface area contributed by atoms with E-state index in [0.29, 0.717) is 17.7 Å². The predicted molar refractivity (Wildman–Crippen MR) is 84.7 cm³/mol. The normalized spacial score (nSPS) is 12.2. The van der Waals surface area contributed by atoms with E-state index in [1.807, 2.05) is 36.4 Å². The molecule has 0 aliphatic heterocycles. The number of aromatic nitrogens is 2. The standard InChI is InChI=1S/C16H22N4/c1-4-8-12(2)20(3)15-11-14(17)18-16(19-15)13-9-6-5-7-10-13/h5-7,9-12H,4,8H2,1-3H3,(H2,17,18,19). The maximum Gasteiger partial charge on any atom is 0.163 e. The van der Waals surface area contributed by atoms with Crippen molar-refractivity contribution in [2.24, 2.45) is 0 Å². The van der Waals surface area contributed by atoms with Crippen LogP contribution in [0.25, 0.3) is 11.4 Å². The van der Waals surface area contributed by atoms with Gasteiger partial charge in [-0.3, -0.25) is 0 Å². The molecule has 0 radical (unpaired) electrons. The molecular formula is C16H22N4. The number of nitrogen functional groups attached to an aromatic ring is 1. The van der Waals surface area contributed by atoms with Crippen LogP contribution in [0.4, 0.5) is 11.6 Å². The van der Waals surface area contributed by atoms with Crippen LogP contribution in [-0.4, -0.2) is 23.1 Å². The number of hydrogen-bond acceptors (Lipinski definition) is 4. The molecule has 0 bridgehead atoms. The first-order valence-corrected chi connectivity index (χ1v) is 7.04. The molecule has 1 unspecified atom stereocenters. The van der Waals surface area contributed by atoms with Gasteiger partial charge in [-0.1, -0.05) is 43.7 Å². The molecule has 0 saturated heterocycles. The number of benzene rings is 1. The third kappa shape index (κ3) is 3.26. The van der Waals surface area contributed by atoms with E-state index in [9.17, 15) is 0 Å². The lowest BCUT2D eigenvalue weighted by molar-refractivity contribution is 0.611. The first-order chi connectivity index (χ1) is 9.61. The van der Waals surface area contributed by atoms with Crippen LogP contribution in [0.1, 0.15) is 26.7 Å². The van der Waals surface area contributed by atoms with E-state index in [2.05, 4.69) is 35.8 Å². The minimum atomic E-state index is 0.429. The fourth-order valence-electron chi connectivity index (χ4n) is 2.19. The minimum Gasteiger partial charge on any atom is -0.384 e. The Kier molecular flexibility index (Phi) is 4.56. The molecule has 0 spiro atoms. The molecule has 0 amide bonds. The van der Waals surface area contributed by atoms with Gasteiger partial charge in [0, 0.05) is 24.7 Å². The molecule has 2 aromatic rings. The molecule has 2 N–H and O–H groups in total. The first kappa shape index (κ1) is 14.3. The van der Waals surface area contributed by atoms with Crippen LogP contribution < -0.4 is 10.6 Å². The van der Waals surface area contributed by atoms with Crippen molar-refractivity contribution in [3.8, 4) is 11.4 Å². The van der Waals surface area contributed by atoms with Gasteiger partial charge in [0.2, 0.25) is 0 Å². The van der Waals surface area contributed by atoms with Gasteiger partial charge in [-0.25, -0.2) is 9.97 Å². The van der Waals surface area contributed by atoms with Gasteiger partial charge < -0.3 is 10.6 Å². The monoisotopic (exact) mass is 270 g/mol. The van der Waals surface area contributed by atoms with Gasteiger partial charge in [-0.05, 0) is 13.3 Å². The molecule has 0 saturated carbocycles. The summed E-state index contributed by atoms with van der Waals surface area (Å²) in [5.74, 6) is 2.05. The molecule has 4 nitrogen and oxygen atoms in total. The Morgan fingerprint density at radius 3 is 2.55 bits per heavy atom. The SMILES string of the molecule is CCCC(C)N(C)c1cc(N)nc(-c2ccccc2)n1. The molecule has 1 heterocycles. The summed E-state index contributed by atoms with van der Waals surface area (Å²) in [6.45, 7) is 4.39. The summed E-state index contributed by atoms with van der Waals surface area (Å²) in [5, 5.41) is 0. The van der Waals surface area contributed by atoms with Crippen molar-refractivity contribution in [3.05, 3.63) is 36.4 Å². The number of anilines is 2. The summed E-state index contributed by atoms with van der Waals surface area (Å²) >= 11 is 0. The van der Waals surface area contributed by atoms with Gasteiger partial charge in [-0.15, -0.1) is 0 Å². The van der Waals surface area contributed by atoms with Gasteiger partial charge in [-0.2, -0.15) is 0 Å². The molecule has 1 aromatic carbocycles. The molecule has 4 heteroatoms. The Morgan fingerprint density at radius 1 is 1.20 bits per heavy atom. The molecule has 2 rings (SSSR count). The van der Waals surface area contributed by atoms with Crippen LogP contribution >= 0.6 is 0 Å². The number of nitrogens with two attached hydrogens (primary N) is 1. The Labute approximate surface area is 120 Å². The van der Waals surface area contributed by atoms with Crippen molar-refractivity contribution in [1.29, 1.82) is 0 Å². The molecule has 106 valence electrons. The highest BCUT2D eigenvalue weighted by atomic mass is 15.2. The second-order valence-electron chi connectivity index (χ2n) is 5.09. The lowest BCUT2D eigenvalue weighted by Crippen LogP contribution is -2.29. The van der Waals surface area contributed by atoms with Crippen molar-refractivity contribution in [2.75, 3.05) is 17.7 Å². The van der Waals surface area contributed by atoms with E-state index in [1.165, 1.54) is 0 Å². The highest BCUT2D eigenvalue weighted by Gasteiger charge is 2.13. The van der Waals surface area contributed by atoms with Crippen LogP contribution in [-0.2, 0) is 0 Å². The van der Waals surface area contributed by atoms with Crippen LogP contribution in [0.3, 0.4) is 0 Å². The van der Waals surface area contributed by atoms with E-state index in [1.54, 1.807) is 0 Å². The second-order valence-corrected chi connectivity index (χ2v) is 5.09. The Bertz CT molecular complexity index is 554. The summed E-state index contributed by atoms with van der Waals surface area (Å²) in [6, 6.07) is 12.2. The van der Waals surface area contributed by atoms with Gasteiger partial charge in [0.1, 0.15) is 11.6 Å². The predicted octanol–water partition coefficient (Wildman–Crippen LogP) is 3.35. The number of rotatable bonds is 5. The average Bonchev–Trinajstić information content (AvgIpc) is 2.47. The highest BCUT2D eigenvalue weighted by molar-refractivity contribution is 5.60. The lowest BCUT2D eigenvalue weighted by Gasteiger charge is -2.26. The Morgan fingerprint density at radius 2 is 1.90 bits per heavy atom. The van der Waals surface area contributed by atoms with Gasteiger partial charge in [0.15, 0.2) is 5.82 Å². The van der Waals surface area contributed by atoms with Gasteiger partial charge in [0.05, 0.1) is 0 Å². The smallest absolute Gasteiger partial charge is 0.163 e. The van der Waals surface area contributed by atoms with Crippen molar-refractivity contribution in [3.63, 3.8) is 0 Å². The zero-order valence-corrected chi connectivity index (χ0v) is 12.4. The summed E-state index contributed by atoms with van der Waals surface area (Å²) in [5.41, 5.74) is 6.91. The lowest BCUT2D eigenvalue weighted by atomic mass is 10.1. The van der Waals surface area contributed by atoms with E-state index in [-0.39, 0.29) is 0 Å². The summed E-state index contributed by atoms with van der Waals surface area (Å²) in [7, 11) is 2.05. The molecule has 1 atom stereocenters. The quantitative estimate of drug-likeness (QED) is 0.905. The zero-order valence-electron chi connectivity index (χ0n) is 12.4. The van der Waals surface area contributed by atoms with Crippen LogP contribution in [0, 0.1) is 0 Å². The van der Waals surface area contributed by atoms with Crippen LogP contribution in [0.2, 0.25) is 0 Å². The maximum absolute atomic E-state index is 5.93. The summed E-state index contributed by atoms with van der Waals surface area (Å²) in [4.78, 5) is 11.1. The topological polar surface area (TPSA) is 55.0 Å². The van der Waals surface area contributed by atoms with Gasteiger partial charge in [0.25, 0.3) is 0 Å². The third-order valence-electron chi connectivity index (χ3n) is 3.49. The number of nitrogens with zero attached hydrogens (tertiary/aromatic N) is 3. The first-order valence-electron chi connectivity index (χ1n) is 7.04. The van der Waals surface area contributed by atoms with E-state index < -0.39 is 0 Å². The minimum absolute atomic E-state index is 0.429. The highest BCUT2D eigenvalue weighted by Crippen LogP contribution is 2.22. The average molecular weight is 270 g/mol. The fourth-order valence-corrected chi connectivity index (χ4v) is 2.19. The Hall–Kier alpha value is -2.10. The van der Waals surface area contributed by atoms with E-state index in [0.717, 1.165) is 24.2 Å². The molecule has 20 heavy (non-hydrogen) atoms. The van der Waals surface area contributed by atoms with E-state index in [4.69, 9.17) is 5.73 Å². The zero-order chi connectivity index (χ0) is 14.5. The Balaban J connectivity index is 2.34. The van der Waals surface area contributed by atoms with E-state index >= 15 is 0 Å². The van der Waals surface area contributed by atoms with Crippen molar-refractivity contribution < 1.29 is 0 Å². The molecule has 0 aliphatic rings. The van der Waals surface area contributed by atoms with Crippen LogP contribution in [0.5, 0.6) is 0 Å². The third-order valence-corrected chi connectivity index (χ3v) is 3.49. The fraction of sp³-hybridized carbons (Fsp3) is 0.375. The summed E-state index contributed by atoms with van der Waals surface area (Å²) in [6.07, 6.45) is 2.28. The number of hydrogen-bond donors (Lipinski definition) is 1. The largest absolute Gasteiger partial charge is 0.384 e.